The van der Waals surface area contributed by atoms with E-state index < -0.39 is 4.92 Å². The van der Waals surface area contributed by atoms with E-state index >= 15 is 0 Å². The Labute approximate surface area is 77.2 Å². The van der Waals surface area contributed by atoms with Crippen LogP contribution in [0.1, 0.15) is 0 Å². The Morgan fingerprint density at radius 2 is 2.23 bits per heavy atom. The molecule has 2 rings (SSSR count). The van der Waals surface area contributed by atoms with Crippen LogP contribution in [0.3, 0.4) is 0 Å². The molecular formula is C8H5NO3S. The highest BCUT2D eigenvalue weighted by atomic mass is 32.1. The number of fused-ring (bicyclic) bond motifs is 1. The van der Waals surface area contributed by atoms with Crippen LogP contribution in [0.2, 0.25) is 0 Å². The van der Waals surface area contributed by atoms with Crippen LogP contribution in [0.4, 0.5) is 5.69 Å². The van der Waals surface area contributed by atoms with Crippen LogP contribution in [-0.4, -0.2) is 10.0 Å². The Balaban J connectivity index is 2.84. The van der Waals surface area contributed by atoms with Gasteiger partial charge in [0.15, 0.2) is 0 Å². The van der Waals surface area contributed by atoms with Crippen molar-refractivity contribution in [1.82, 2.24) is 0 Å². The number of rotatable bonds is 1. The van der Waals surface area contributed by atoms with Crippen LogP contribution in [0.25, 0.3) is 10.1 Å². The Kier molecular flexibility index (Phi) is 1.66. The van der Waals surface area contributed by atoms with E-state index in [0.29, 0.717) is 10.1 Å². The number of nitro groups is 1. The SMILES string of the molecule is O=[N+]([O-])c1cccc2c(O)csc12. The smallest absolute Gasteiger partial charge is 0.287 e. The first-order chi connectivity index (χ1) is 6.20. The van der Waals surface area contributed by atoms with Crippen molar-refractivity contribution in [3.05, 3.63) is 33.7 Å². The molecule has 1 aromatic carbocycles. The molecule has 0 aliphatic heterocycles. The predicted octanol–water partition coefficient (Wildman–Crippen LogP) is 2.52. The van der Waals surface area contributed by atoms with E-state index in [2.05, 4.69) is 0 Å². The van der Waals surface area contributed by atoms with E-state index in [-0.39, 0.29) is 11.4 Å². The van der Waals surface area contributed by atoms with Crippen LogP contribution in [0.15, 0.2) is 23.6 Å². The van der Waals surface area contributed by atoms with Crippen molar-refractivity contribution in [1.29, 1.82) is 0 Å². The van der Waals surface area contributed by atoms with E-state index in [1.807, 2.05) is 0 Å². The van der Waals surface area contributed by atoms with Crippen LogP contribution in [0, 0.1) is 10.1 Å². The number of hydrogen-bond donors (Lipinski definition) is 1. The molecule has 13 heavy (non-hydrogen) atoms. The fraction of sp³-hybridized carbons (Fsp3) is 0. The molecule has 0 spiro atoms. The maximum Gasteiger partial charge on any atom is 0.287 e. The molecule has 0 radical (unpaired) electrons. The highest BCUT2D eigenvalue weighted by molar-refractivity contribution is 7.18. The maximum atomic E-state index is 10.6. The quantitative estimate of drug-likeness (QED) is 0.561. The van der Waals surface area contributed by atoms with Crippen molar-refractivity contribution in [2.75, 3.05) is 0 Å². The number of non-ortho nitro benzene ring substituents is 1. The van der Waals surface area contributed by atoms with Gasteiger partial charge in [0.25, 0.3) is 5.69 Å². The Bertz CT molecular complexity index is 477. The fourth-order valence-electron chi connectivity index (χ4n) is 1.17. The summed E-state index contributed by atoms with van der Waals surface area (Å²) in [6.07, 6.45) is 0. The molecule has 1 N–H and O–H groups in total. The van der Waals surface area contributed by atoms with E-state index in [0.717, 1.165) is 0 Å². The normalized spacial score (nSPS) is 10.5. The van der Waals surface area contributed by atoms with Gasteiger partial charge in [0.2, 0.25) is 0 Å². The van der Waals surface area contributed by atoms with Gasteiger partial charge in [0, 0.05) is 16.8 Å². The summed E-state index contributed by atoms with van der Waals surface area (Å²) in [6, 6.07) is 4.65. The molecule has 1 aromatic heterocycles. The summed E-state index contributed by atoms with van der Waals surface area (Å²) in [5.41, 5.74) is 0.0443. The molecule has 2 aromatic rings. The van der Waals surface area contributed by atoms with Crippen molar-refractivity contribution >= 4 is 27.1 Å². The van der Waals surface area contributed by atoms with E-state index in [1.54, 1.807) is 12.1 Å². The number of nitrogens with zero attached hydrogens (tertiary/aromatic N) is 1. The molecular weight excluding hydrogens is 190 g/mol. The van der Waals surface area contributed by atoms with Gasteiger partial charge in [-0.05, 0) is 6.07 Å². The van der Waals surface area contributed by atoms with Gasteiger partial charge in [-0.1, -0.05) is 6.07 Å². The molecule has 0 atom stereocenters. The predicted molar refractivity (Wildman–Crippen MR) is 50.1 cm³/mol. The Hall–Kier alpha value is -1.62. The molecule has 0 aliphatic carbocycles. The van der Waals surface area contributed by atoms with E-state index in [1.165, 1.54) is 22.8 Å². The first kappa shape index (κ1) is 8.00. The van der Waals surface area contributed by atoms with Crippen LogP contribution < -0.4 is 0 Å². The average Bonchev–Trinajstić information content (AvgIpc) is 2.48. The second-order valence-electron chi connectivity index (χ2n) is 2.53. The first-order valence-electron chi connectivity index (χ1n) is 3.53. The standard InChI is InChI=1S/C8H5NO3S/c10-7-4-13-8-5(7)2-1-3-6(8)9(11)12/h1-4,10H. The molecule has 0 aliphatic rings. The van der Waals surface area contributed by atoms with Gasteiger partial charge >= 0.3 is 0 Å². The lowest BCUT2D eigenvalue weighted by Crippen LogP contribution is -1.86. The molecule has 0 unspecified atom stereocenters. The number of thiophene rings is 1. The topological polar surface area (TPSA) is 63.4 Å². The summed E-state index contributed by atoms with van der Waals surface area (Å²) < 4.78 is 0.519. The molecule has 66 valence electrons. The van der Waals surface area contributed by atoms with Gasteiger partial charge in [0.1, 0.15) is 10.4 Å². The minimum atomic E-state index is -0.446. The van der Waals surface area contributed by atoms with Crippen LogP contribution >= 0.6 is 11.3 Å². The fourth-order valence-corrected chi connectivity index (χ4v) is 2.09. The molecule has 0 bridgehead atoms. The second kappa shape index (κ2) is 2.70. The van der Waals surface area contributed by atoms with Crippen molar-refractivity contribution in [3.8, 4) is 5.75 Å². The third-order valence-corrected chi connectivity index (χ3v) is 2.76. The first-order valence-corrected chi connectivity index (χ1v) is 4.41. The molecule has 0 fully saturated rings. The zero-order chi connectivity index (χ0) is 9.42. The minimum Gasteiger partial charge on any atom is -0.506 e. The summed E-state index contributed by atoms with van der Waals surface area (Å²) >= 11 is 1.18. The number of aromatic hydroxyl groups is 1. The summed E-state index contributed by atoms with van der Waals surface area (Å²) in [4.78, 5) is 10.1. The van der Waals surface area contributed by atoms with Crippen molar-refractivity contribution in [3.63, 3.8) is 0 Å². The molecule has 0 saturated heterocycles. The number of hydrogen-bond acceptors (Lipinski definition) is 4. The Morgan fingerprint density at radius 3 is 2.92 bits per heavy atom. The second-order valence-corrected chi connectivity index (χ2v) is 3.41. The van der Waals surface area contributed by atoms with Crippen molar-refractivity contribution in [2.24, 2.45) is 0 Å². The van der Waals surface area contributed by atoms with Gasteiger partial charge < -0.3 is 5.11 Å². The zero-order valence-electron chi connectivity index (χ0n) is 6.43. The summed E-state index contributed by atoms with van der Waals surface area (Å²) in [5, 5.41) is 21.9. The lowest BCUT2D eigenvalue weighted by atomic mass is 10.2. The number of benzene rings is 1. The van der Waals surface area contributed by atoms with Crippen LogP contribution in [0.5, 0.6) is 5.75 Å². The lowest BCUT2D eigenvalue weighted by molar-refractivity contribution is -0.382. The van der Waals surface area contributed by atoms with Gasteiger partial charge in [-0.2, -0.15) is 0 Å². The lowest BCUT2D eigenvalue weighted by Gasteiger charge is -1.92. The zero-order valence-corrected chi connectivity index (χ0v) is 7.25. The van der Waals surface area contributed by atoms with Gasteiger partial charge in [0.05, 0.1) is 4.92 Å². The molecule has 1 heterocycles. The summed E-state index contributed by atoms with van der Waals surface area (Å²) in [7, 11) is 0. The third-order valence-electron chi connectivity index (χ3n) is 1.76. The third kappa shape index (κ3) is 1.13. The summed E-state index contributed by atoms with van der Waals surface area (Å²) in [6.45, 7) is 0. The number of nitro benzene ring substituents is 1. The largest absolute Gasteiger partial charge is 0.506 e. The van der Waals surface area contributed by atoms with Gasteiger partial charge in [-0.15, -0.1) is 11.3 Å². The molecule has 5 heteroatoms. The summed E-state index contributed by atoms with van der Waals surface area (Å²) in [5.74, 6) is 0.101. The van der Waals surface area contributed by atoms with Crippen LogP contribution in [-0.2, 0) is 0 Å². The van der Waals surface area contributed by atoms with E-state index in [4.69, 9.17) is 0 Å². The molecule has 0 amide bonds. The molecule has 0 saturated carbocycles. The Morgan fingerprint density at radius 1 is 1.46 bits per heavy atom. The van der Waals surface area contributed by atoms with Gasteiger partial charge in [-0.3, -0.25) is 10.1 Å². The highest BCUT2D eigenvalue weighted by Crippen LogP contribution is 2.36. The minimum absolute atomic E-state index is 0.0443. The van der Waals surface area contributed by atoms with Crippen molar-refractivity contribution in [2.45, 2.75) is 0 Å². The average molecular weight is 195 g/mol. The van der Waals surface area contributed by atoms with E-state index in [9.17, 15) is 15.2 Å². The van der Waals surface area contributed by atoms with Crippen molar-refractivity contribution < 1.29 is 10.0 Å². The van der Waals surface area contributed by atoms with Gasteiger partial charge in [-0.25, -0.2) is 0 Å². The monoisotopic (exact) mass is 195 g/mol. The maximum absolute atomic E-state index is 10.6. The molecule has 4 nitrogen and oxygen atoms in total. The highest BCUT2D eigenvalue weighted by Gasteiger charge is 2.14.